The topological polar surface area (TPSA) is 94.3 Å². The lowest BCUT2D eigenvalue weighted by atomic mass is 9.96. The molecule has 0 amide bonds. The molecule has 2 aromatic heterocycles. The summed E-state index contributed by atoms with van der Waals surface area (Å²) in [6, 6.07) is 5.41. The molecule has 0 saturated heterocycles. The molecule has 2 heterocycles. The van der Waals surface area contributed by atoms with Gasteiger partial charge in [0.25, 0.3) is 5.56 Å². The van der Waals surface area contributed by atoms with Gasteiger partial charge in [0.2, 0.25) is 5.89 Å². The molecule has 0 bridgehead atoms. The Morgan fingerprint density at radius 2 is 1.97 bits per heavy atom. The maximum atomic E-state index is 14.6. The maximum Gasteiger partial charge on any atom is 0.281 e. The standard InChI is InChI=1S/C22H19F2N3O3/c1-9-12(14-7-16(24)17(25)8-15(14)23)5-6-13-19(9)27(11-3-4-11)22(29)18-20(13)30-21(26-18)10(2)28/h5-8,10-11,28H,3-4,25H2,1-2H3. The quantitative estimate of drug-likeness (QED) is 0.488. The normalized spacial score (nSPS) is 15.2. The van der Waals surface area contributed by atoms with E-state index in [0.717, 1.165) is 25.0 Å². The van der Waals surface area contributed by atoms with Crippen molar-refractivity contribution >= 4 is 27.7 Å². The van der Waals surface area contributed by atoms with Crippen molar-refractivity contribution in [3.05, 3.63) is 57.7 Å². The highest BCUT2D eigenvalue weighted by Gasteiger charge is 2.30. The number of hydrogen-bond acceptors (Lipinski definition) is 5. The third kappa shape index (κ3) is 2.64. The Morgan fingerprint density at radius 1 is 1.23 bits per heavy atom. The first-order valence-electron chi connectivity index (χ1n) is 9.69. The monoisotopic (exact) mass is 411 g/mol. The number of aromatic nitrogens is 2. The van der Waals surface area contributed by atoms with E-state index in [1.165, 1.54) is 6.92 Å². The fourth-order valence-electron chi connectivity index (χ4n) is 3.99. The number of benzene rings is 2. The third-order valence-corrected chi connectivity index (χ3v) is 5.63. The first kappa shape index (κ1) is 18.7. The van der Waals surface area contributed by atoms with Crippen LogP contribution in [0.25, 0.3) is 33.1 Å². The molecule has 0 spiro atoms. The molecule has 154 valence electrons. The van der Waals surface area contributed by atoms with E-state index in [2.05, 4.69) is 4.98 Å². The van der Waals surface area contributed by atoms with Gasteiger partial charge in [0, 0.05) is 23.1 Å². The predicted octanol–water partition coefficient (Wildman–Crippen LogP) is 4.37. The second-order valence-electron chi connectivity index (χ2n) is 7.80. The van der Waals surface area contributed by atoms with Crippen LogP contribution in [0, 0.1) is 18.6 Å². The van der Waals surface area contributed by atoms with Gasteiger partial charge in [0.15, 0.2) is 11.1 Å². The molecule has 1 aliphatic carbocycles. The number of oxazole rings is 1. The molecule has 1 unspecified atom stereocenters. The predicted molar refractivity (Wildman–Crippen MR) is 109 cm³/mol. The second kappa shape index (κ2) is 6.37. The number of fused-ring (bicyclic) bond motifs is 3. The van der Waals surface area contributed by atoms with Gasteiger partial charge in [-0.2, -0.15) is 0 Å². The van der Waals surface area contributed by atoms with E-state index >= 15 is 0 Å². The number of aliphatic hydroxyl groups is 1. The van der Waals surface area contributed by atoms with Crippen LogP contribution in [-0.4, -0.2) is 14.7 Å². The lowest BCUT2D eigenvalue weighted by Crippen LogP contribution is -2.21. The summed E-state index contributed by atoms with van der Waals surface area (Å²) in [4.78, 5) is 17.4. The Balaban J connectivity index is 1.90. The van der Waals surface area contributed by atoms with Crippen molar-refractivity contribution < 1.29 is 18.3 Å². The highest BCUT2D eigenvalue weighted by atomic mass is 19.1. The molecule has 4 aromatic rings. The number of rotatable bonds is 3. The fourth-order valence-corrected chi connectivity index (χ4v) is 3.99. The number of anilines is 1. The molecule has 3 N–H and O–H groups in total. The number of pyridine rings is 1. The van der Waals surface area contributed by atoms with Crippen molar-refractivity contribution in [2.24, 2.45) is 0 Å². The summed E-state index contributed by atoms with van der Waals surface area (Å²) in [7, 11) is 0. The number of halogens is 2. The molecule has 8 heteroatoms. The number of nitrogens with two attached hydrogens (primary N) is 1. The molecule has 1 aliphatic rings. The summed E-state index contributed by atoms with van der Waals surface area (Å²) in [6.07, 6.45) is 0.722. The summed E-state index contributed by atoms with van der Waals surface area (Å²) in [5.74, 6) is -1.29. The molecule has 0 aliphatic heterocycles. The van der Waals surface area contributed by atoms with Crippen molar-refractivity contribution in [2.75, 3.05) is 5.73 Å². The number of nitrogens with zero attached hydrogens (tertiary/aromatic N) is 2. The van der Waals surface area contributed by atoms with Crippen LogP contribution < -0.4 is 11.3 Å². The van der Waals surface area contributed by atoms with Crippen LogP contribution in [-0.2, 0) is 0 Å². The van der Waals surface area contributed by atoms with Gasteiger partial charge in [0.05, 0.1) is 11.2 Å². The smallest absolute Gasteiger partial charge is 0.281 e. The summed E-state index contributed by atoms with van der Waals surface area (Å²) < 4.78 is 36.1. The van der Waals surface area contributed by atoms with Gasteiger partial charge >= 0.3 is 0 Å². The zero-order chi connectivity index (χ0) is 21.3. The van der Waals surface area contributed by atoms with Crippen LogP contribution in [0.15, 0.2) is 33.5 Å². The lowest BCUT2D eigenvalue weighted by molar-refractivity contribution is 0.165. The van der Waals surface area contributed by atoms with Gasteiger partial charge in [-0.05, 0) is 49.9 Å². The Kier molecular flexibility index (Phi) is 3.98. The molecule has 30 heavy (non-hydrogen) atoms. The molecule has 0 radical (unpaired) electrons. The highest BCUT2D eigenvalue weighted by molar-refractivity contribution is 6.04. The molecule has 6 nitrogen and oxygen atoms in total. The van der Waals surface area contributed by atoms with Gasteiger partial charge < -0.3 is 19.8 Å². The summed E-state index contributed by atoms with van der Waals surface area (Å²) in [5, 5.41) is 10.5. The van der Waals surface area contributed by atoms with Crippen molar-refractivity contribution in [3.8, 4) is 11.1 Å². The number of nitrogen functional groups attached to an aromatic ring is 1. The third-order valence-electron chi connectivity index (χ3n) is 5.63. The molecule has 1 atom stereocenters. The fraction of sp³-hybridized carbons (Fsp3) is 0.273. The van der Waals surface area contributed by atoms with Crippen molar-refractivity contribution in [2.45, 2.75) is 38.8 Å². The minimum absolute atomic E-state index is 0.0121. The highest BCUT2D eigenvalue weighted by Crippen LogP contribution is 2.41. The van der Waals surface area contributed by atoms with E-state index in [-0.39, 0.29) is 39.8 Å². The van der Waals surface area contributed by atoms with Gasteiger partial charge in [-0.15, -0.1) is 0 Å². The summed E-state index contributed by atoms with van der Waals surface area (Å²) in [5.41, 5.74) is 7.07. The SMILES string of the molecule is Cc1c(-c2cc(F)c(N)cc2F)ccc2c3oc(C(C)O)nc3c(=O)n(C3CC3)c12. The van der Waals surface area contributed by atoms with Crippen LogP contribution >= 0.6 is 0 Å². The van der Waals surface area contributed by atoms with Crippen molar-refractivity contribution in [1.29, 1.82) is 0 Å². The molecular formula is C22H19F2N3O3. The van der Waals surface area contributed by atoms with Gasteiger partial charge in [-0.1, -0.05) is 6.07 Å². The van der Waals surface area contributed by atoms with Crippen LogP contribution in [0.3, 0.4) is 0 Å². The zero-order valence-corrected chi connectivity index (χ0v) is 16.4. The minimum Gasteiger partial charge on any atom is -0.437 e. The minimum atomic E-state index is -0.964. The Labute approximate surface area is 169 Å². The Bertz CT molecular complexity index is 1400. The van der Waals surface area contributed by atoms with Gasteiger partial charge in [-0.3, -0.25) is 4.79 Å². The van der Waals surface area contributed by atoms with Gasteiger partial charge in [-0.25, -0.2) is 13.8 Å². The van der Waals surface area contributed by atoms with Crippen LogP contribution in [0.5, 0.6) is 0 Å². The van der Waals surface area contributed by atoms with Crippen LogP contribution in [0.2, 0.25) is 0 Å². The maximum absolute atomic E-state index is 14.6. The molecular weight excluding hydrogens is 392 g/mol. The molecule has 1 fully saturated rings. The first-order chi connectivity index (χ1) is 14.3. The van der Waals surface area contributed by atoms with E-state index in [9.17, 15) is 18.7 Å². The first-order valence-corrected chi connectivity index (χ1v) is 9.69. The lowest BCUT2D eigenvalue weighted by Gasteiger charge is -2.16. The van der Waals surface area contributed by atoms with E-state index in [4.69, 9.17) is 10.2 Å². The number of hydrogen-bond donors (Lipinski definition) is 2. The van der Waals surface area contributed by atoms with Gasteiger partial charge in [0.1, 0.15) is 17.7 Å². The number of aliphatic hydroxyl groups excluding tert-OH is 1. The Morgan fingerprint density at radius 3 is 2.63 bits per heavy atom. The average molecular weight is 411 g/mol. The second-order valence-corrected chi connectivity index (χ2v) is 7.80. The van der Waals surface area contributed by atoms with Crippen molar-refractivity contribution in [3.63, 3.8) is 0 Å². The molecule has 2 aromatic carbocycles. The summed E-state index contributed by atoms with van der Waals surface area (Å²) in [6.45, 7) is 3.27. The number of aryl methyl sites for hydroxylation is 1. The van der Waals surface area contributed by atoms with Crippen molar-refractivity contribution in [1.82, 2.24) is 9.55 Å². The summed E-state index contributed by atoms with van der Waals surface area (Å²) >= 11 is 0. The molecule has 1 saturated carbocycles. The van der Waals surface area contributed by atoms with Crippen LogP contribution in [0.1, 0.15) is 43.4 Å². The van der Waals surface area contributed by atoms with E-state index in [1.54, 1.807) is 23.6 Å². The zero-order valence-electron chi connectivity index (χ0n) is 16.4. The van der Waals surface area contributed by atoms with Crippen LogP contribution in [0.4, 0.5) is 14.5 Å². The largest absolute Gasteiger partial charge is 0.437 e. The average Bonchev–Trinajstić information content (AvgIpc) is 3.42. The van der Waals surface area contributed by atoms with E-state index in [1.807, 2.05) is 0 Å². The van der Waals surface area contributed by atoms with E-state index in [0.29, 0.717) is 22.0 Å². The van der Waals surface area contributed by atoms with E-state index < -0.39 is 17.7 Å². The molecule has 5 rings (SSSR count). The Hall–Kier alpha value is -3.26.